The highest BCUT2D eigenvalue weighted by Gasteiger charge is 1.94. The van der Waals surface area contributed by atoms with Crippen LogP contribution in [0.2, 0.25) is 0 Å². The third-order valence-electron chi connectivity index (χ3n) is 1.15. The Morgan fingerprint density at radius 3 is 2.64 bits per heavy atom. The zero-order valence-corrected chi connectivity index (χ0v) is 6.11. The third kappa shape index (κ3) is 1.90. The molecule has 1 heterocycles. The maximum Gasteiger partial charge on any atom is 0.155 e. The van der Waals surface area contributed by atoms with Gasteiger partial charge in [0, 0.05) is 0 Å². The molecule has 0 saturated heterocycles. The van der Waals surface area contributed by atoms with E-state index in [0.717, 1.165) is 0 Å². The van der Waals surface area contributed by atoms with Gasteiger partial charge in [0.1, 0.15) is 5.82 Å². The van der Waals surface area contributed by atoms with Gasteiger partial charge in [0.2, 0.25) is 0 Å². The van der Waals surface area contributed by atoms with Gasteiger partial charge in [-0.25, -0.2) is 9.97 Å². The Balaban J connectivity index is 2.76. The van der Waals surface area contributed by atoms with Crippen LogP contribution in [-0.2, 0) is 6.42 Å². The smallest absolute Gasteiger partial charge is 0.155 e. The van der Waals surface area contributed by atoms with Gasteiger partial charge in [0.25, 0.3) is 0 Å². The molecule has 0 unspecified atom stereocenters. The van der Waals surface area contributed by atoms with Crippen molar-refractivity contribution in [2.45, 2.75) is 6.42 Å². The van der Waals surface area contributed by atoms with Gasteiger partial charge in [0.05, 0.1) is 32.0 Å². The van der Waals surface area contributed by atoms with Crippen LogP contribution in [0.4, 0.5) is 0 Å². The second-order valence-electron chi connectivity index (χ2n) is 1.87. The van der Waals surface area contributed by atoms with Crippen molar-refractivity contribution >= 4 is 0 Å². The molecule has 11 heavy (non-hydrogen) atoms. The van der Waals surface area contributed by atoms with Crippen molar-refractivity contribution in [1.29, 1.82) is 5.26 Å². The standard InChI is InChI=1S/C7H7N3O/c1-11-6-4-9-7(2-3-8)10-5-6/h4-5H,2H2,1H3. The van der Waals surface area contributed by atoms with Gasteiger partial charge in [-0.3, -0.25) is 0 Å². The second-order valence-corrected chi connectivity index (χ2v) is 1.87. The first-order valence-corrected chi connectivity index (χ1v) is 3.08. The highest BCUT2D eigenvalue weighted by atomic mass is 16.5. The number of methoxy groups -OCH3 is 1. The molecule has 0 spiro atoms. The Morgan fingerprint density at radius 2 is 2.18 bits per heavy atom. The lowest BCUT2D eigenvalue weighted by Crippen LogP contribution is -1.93. The summed E-state index contributed by atoms with van der Waals surface area (Å²) in [6.07, 6.45) is 3.32. The molecule has 1 aromatic rings. The fraction of sp³-hybridized carbons (Fsp3) is 0.286. The summed E-state index contributed by atoms with van der Waals surface area (Å²) >= 11 is 0. The molecule has 4 nitrogen and oxygen atoms in total. The minimum atomic E-state index is 0.240. The fourth-order valence-corrected chi connectivity index (χ4v) is 0.610. The lowest BCUT2D eigenvalue weighted by atomic mass is 10.4. The summed E-state index contributed by atoms with van der Waals surface area (Å²) in [5.41, 5.74) is 0. The van der Waals surface area contributed by atoms with E-state index in [1.807, 2.05) is 6.07 Å². The van der Waals surface area contributed by atoms with Crippen molar-refractivity contribution in [1.82, 2.24) is 9.97 Å². The van der Waals surface area contributed by atoms with Crippen molar-refractivity contribution in [3.05, 3.63) is 18.2 Å². The quantitative estimate of drug-likeness (QED) is 0.616. The summed E-state index contributed by atoms with van der Waals surface area (Å²) in [7, 11) is 1.54. The molecule has 0 aliphatic heterocycles. The summed E-state index contributed by atoms with van der Waals surface area (Å²) in [5, 5.41) is 8.28. The van der Waals surface area contributed by atoms with E-state index in [9.17, 15) is 0 Å². The van der Waals surface area contributed by atoms with Gasteiger partial charge in [-0.15, -0.1) is 0 Å². The van der Waals surface area contributed by atoms with Crippen molar-refractivity contribution in [3.8, 4) is 11.8 Å². The van der Waals surface area contributed by atoms with Crippen molar-refractivity contribution in [2.75, 3.05) is 7.11 Å². The predicted molar refractivity (Wildman–Crippen MR) is 37.9 cm³/mol. The molecule has 0 fully saturated rings. The Bertz CT molecular complexity index is 262. The van der Waals surface area contributed by atoms with Gasteiger partial charge in [-0.1, -0.05) is 0 Å². The van der Waals surface area contributed by atoms with E-state index in [1.165, 1.54) is 0 Å². The highest BCUT2D eigenvalue weighted by Crippen LogP contribution is 2.03. The Kier molecular flexibility index (Phi) is 2.39. The minimum absolute atomic E-state index is 0.240. The van der Waals surface area contributed by atoms with Crippen LogP contribution in [0.5, 0.6) is 5.75 Å². The van der Waals surface area contributed by atoms with E-state index in [1.54, 1.807) is 19.5 Å². The molecule has 1 aromatic heterocycles. The molecule has 0 saturated carbocycles. The van der Waals surface area contributed by atoms with E-state index in [2.05, 4.69) is 9.97 Å². The van der Waals surface area contributed by atoms with E-state index < -0.39 is 0 Å². The highest BCUT2D eigenvalue weighted by molar-refractivity contribution is 5.12. The number of hydrogen-bond donors (Lipinski definition) is 0. The molecule has 0 aliphatic carbocycles. The molecule has 0 aliphatic rings. The molecular formula is C7H7N3O. The van der Waals surface area contributed by atoms with Gasteiger partial charge in [-0.2, -0.15) is 5.26 Å². The normalized spacial score (nSPS) is 8.73. The van der Waals surface area contributed by atoms with Gasteiger partial charge in [0.15, 0.2) is 5.75 Å². The van der Waals surface area contributed by atoms with Crippen molar-refractivity contribution in [3.63, 3.8) is 0 Å². The number of nitrogens with zero attached hydrogens (tertiary/aromatic N) is 3. The number of hydrogen-bond acceptors (Lipinski definition) is 4. The number of nitriles is 1. The molecule has 56 valence electrons. The summed E-state index contributed by atoms with van der Waals surface area (Å²) in [6.45, 7) is 0. The topological polar surface area (TPSA) is 58.8 Å². The predicted octanol–water partition coefficient (Wildman–Crippen LogP) is 0.551. The van der Waals surface area contributed by atoms with Crippen LogP contribution in [-0.4, -0.2) is 17.1 Å². The molecule has 4 heteroatoms. The van der Waals surface area contributed by atoms with Gasteiger partial charge < -0.3 is 4.74 Å². The number of ether oxygens (including phenoxy) is 1. The first kappa shape index (κ1) is 7.48. The molecular weight excluding hydrogens is 142 g/mol. The third-order valence-corrected chi connectivity index (χ3v) is 1.15. The average molecular weight is 149 g/mol. The summed E-state index contributed by atoms with van der Waals surface area (Å²) in [6, 6.07) is 1.96. The molecule has 1 rings (SSSR count). The monoisotopic (exact) mass is 149 g/mol. The molecule has 0 aromatic carbocycles. The first-order valence-electron chi connectivity index (χ1n) is 3.08. The van der Waals surface area contributed by atoms with Crippen LogP contribution in [0.15, 0.2) is 12.4 Å². The molecule has 0 atom stereocenters. The molecule has 0 radical (unpaired) electrons. The van der Waals surface area contributed by atoms with Crippen LogP contribution in [0.25, 0.3) is 0 Å². The SMILES string of the molecule is COc1cnc(CC#N)nc1. The Hall–Kier alpha value is -1.63. The van der Waals surface area contributed by atoms with Gasteiger partial charge in [-0.05, 0) is 0 Å². The fourth-order valence-electron chi connectivity index (χ4n) is 0.610. The zero-order chi connectivity index (χ0) is 8.10. The lowest BCUT2D eigenvalue weighted by molar-refractivity contribution is 0.410. The van der Waals surface area contributed by atoms with E-state index in [-0.39, 0.29) is 6.42 Å². The number of rotatable bonds is 2. The second kappa shape index (κ2) is 3.52. The van der Waals surface area contributed by atoms with Gasteiger partial charge >= 0.3 is 0 Å². The Labute approximate surface area is 64.5 Å². The first-order chi connectivity index (χ1) is 5.36. The molecule has 0 amide bonds. The van der Waals surface area contributed by atoms with E-state index >= 15 is 0 Å². The van der Waals surface area contributed by atoms with Crippen molar-refractivity contribution in [2.24, 2.45) is 0 Å². The van der Waals surface area contributed by atoms with Crippen LogP contribution in [0.3, 0.4) is 0 Å². The van der Waals surface area contributed by atoms with Crippen LogP contribution >= 0.6 is 0 Å². The number of aromatic nitrogens is 2. The Morgan fingerprint density at radius 1 is 1.55 bits per heavy atom. The zero-order valence-electron chi connectivity index (χ0n) is 6.11. The van der Waals surface area contributed by atoms with E-state index in [0.29, 0.717) is 11.6 Å². The van der Waals surface area contributed by atoms with Crippen molar-refractivity contribution < 1.29 is 4.74 Å². The van der Waals surface area contributed by atoms with Crippen LogP contribution in [0.1, 0.15) is 5.82 Å². The van der Waals surface area contributed by atoms with Crippen LogP contribution in [0, 0.1) is 11.3 Å². The summed E-state index contributed by atoms with van der Waals surface area (Å²) in [5.74, 6) is 1.12. The van der Waals surface area contributed by atoms with E-state index in [4.69, 9.17) is 10.00 Å². The molecule has 0 bridgehead atoms. The average Bonchev–Trinajstić information content (AvgIpc) is 2.07. The lowest BCUT2D eigenvalue weighted by Gasteiger charge is -1.96. The summed E-state index contributed by atoms with van der Waals surface area (Å²) in [4.78, 5) is 7.76. The minimum Gasteiger partial charge on any atom is -0.494 e. The summed E-state index contributed by atoms with van der Waals surface area (Å²) < 4.78 is 4.84. The molecule has 0 N–H and O–H groups in total. The maximum atomic E-state index is 8.28. The van der Waals surface area contributed by atoms with Crippen LogP contribution < -0.4 is 4.74 Å². The largest absolute Gasteiger partial charge is 0.494 e. The maximum absolute atomic E-state index is 8.28.